The van der Waals surface area contributed by atoms with Gasteiger partial charge in [0, 0.05) is 79.1 Å². The average Bonchev–Trinajstić information content (AvgIpc) is 1.57. The average molecular weight is 1160 g/mol. The summed E-state index contributed by atoms with van der Waals surface area (Å²) in [5, 5.41) is 0. The molecule has 0 amide bonds. The summed E-state index contributed by atoms with van der Waals surface area (Å²) in [6.07, 6.45) is 12.4. The summed E-state index contributed by atoms with van der Waals surface area (Å²) in [7, 11) is 0. The highest BCUT2D eigenvalue weighted by molar-refractivity contribution is 5.90. The number of nitrogens with zero attached hydrogens (tertiary/aromatic N) is 4. The topological polar surface area (TPSA) is 13.0 Å². The fourth-order valence-corrected chi connectivity index (χ4v) is 16.1. The quantitative estimate of drug-likeness (QED) is 0.114. The molecule has 438 valence electrons. The molecule has 0 saturated heterocycles. The van der Waals surface area contributed by atoms with Gasteiger partial charge >= 0.3 is 0 Å². The molecule has 0 N–H and O–H groups in total. The zero-order valence-corrected chi connectivity index (χ0v) is 51.6. The van der Waals surface area contributed by atoms with E-state index in [4.69, 9.17) is 0 Å². The zero-order valence-electron chi connectivity index (χ0n) is 51.6. The maximum atomic E-state index is 2.54. The van der Waals surface area contributed by atoms with E-state index < -0.39 is 0 Å². The highest BCUT2D eigenvalue weighted by Crippen LogP contribution is 2.59. The minimum atomic E-state index is 0.0317. The standard InChI is InChI=1S/C86H74N4/c1-61-21-19-27-73(57-61)87(65-23-7-3-8-24-65)69-41-45-71(46-42-69)89(75-49-51-79-77-29-11-13-31-81(77)85(83(79)59-75)53-15-5-16-54-85)67-37-33-63(34-38-67)64-35-39-68(40-36-64)90(76-50-52-80-78-30-12-14-32-82(78)86(84(80)60-76)55-17-6-18-56-86)72-47-43-70(44-48-72)88(66-25-9-4-10-26-66)74-28-20-22-62(2)58-74/h3-4,7-14,19-52,57-60H,5-6,15-18,53-56H2,1-2H3. The molecule has 12 aromatic carbocycles. The van der Waals surface area contributed by atoms with E-state index in [1.807, 2.05) is 0 Å². The summed E-state index contributed by atoms with van der Waals surface area (Å²) in [4.78, 5) is 9.68. The van der Waals surface area contributed by atoms with E-state index in [2.05, 4.69) is 325 Å². The molecule has 0 radical (unpaired) electrons. The summed E-state index contributed by atoms with van der Waals surface area (Å²) in [6.45, 7) is 4.34. The van der Waals surface area contributed by atoms with Crippen LogP contribution in [0.4, 0.5) is 68.2 Å². The predicted octanol–water partition coefficient (Wildman–Crippen LogP) is 24.3. The Balaban J connectivity index is 0.774. The number of aryl methyl sites for hydroxylation is 2. The first kappa shape index (κ1) is 55.2. The first-order valence-electron chi connectivity index (χ1n) is 32.7. The van der Waals surface area contributed by atoms with E-state index in [-0.39, 0.29) is 10.8 Å². The predicted molar refractivity (Wildman–Crippen MR) is 379 cm³/mol. The lowest BCUT2D eigenvalue weighted by Gasteiger charge is -2.36. The van der Waals surface area contributed by atoms with Gasteiger partial charge < -0.3 is 19.6 Å². The second-order valence-electron chi connectivity index (χ2n) is 25.7. The number of benzene rings is 12. The van der Waals surface area contributed by atoms with Crippen molar-refractivity contribution in [3.63, 3.8) is 0 Å². The monoisotopic (exact) mass is 1160 g/mol. The molecule has 16 rings (SSSR count). The second-order valence-corrected chi connectivity index (χ2v) is 25.7. The lowest BCUT2D eigenvalue weighted by Crippen LogP contribution is -2.28. The molecule has 0 bridgehead atoms. The molecule has 4 aliphatic rings. The van der Waals surface area contributed by atoms with E-state index in [0.29, 0.717) is 0 Å². The minimum absolute atomic E-state index is 0.0317. The molecule has 2 fully saturated rings. The molecule has 0 atom stereocenters. The number of para-hydroxylation sites is 2. The highest BCUT2D eigenvalue weighted by Gasteiger charge is 2.45. The number of rotatable bonds is 13. The van der Waals surface area contributed by atoms with Gasteiger partial charge in [-0.05, 0) is 252 Å². The Kier molecular flexibility index (Phi) is 14.2. The van der Waals surface area contributed by atoms with Gasteiger partial charge in [-0.15, -0.1) is 0 Å². The minimum Gasteiger partial charge on any atom is -0.310 e. The largest absolute Gasteiger partial charge is 0.310 e. The van der Waals surface area contributed by atoms with Gasteiger partial charge in [0.05, 0.1) is 0 Å². The smallest absolute Gasteiger partial charge is 0.0465 e. The molecule has 0 aromatic heterocycles. The number of hydrogen-bond acceptors (Lipinski definition) is 4. The van der Waals surface area contributed by atoms with Gasteiger partial charge in [-0.2, -0.15) is 0 Å². The zero-order chi connectivity index (χ0) is 60.2. The van der Waals surface area contributed by atoms with Crippen LogP contribution >= 0.6 is 0 Å². The van der Waals surface area contributed by atoms with Crippen LogP contribution < -0.4 is 19.6 Å². The fourth-order valence-electron chi connectivity index (χ4n) is 16.1. The van der Waals surface area contributed by atoms with Crippen molar-refractivity contribution in [2.24, 2.45) is 0 Å². The highest BCUT2D eigenvalue weighted by atomic mass is 15.2. The maximum absolute atomic E-state index is 2.54. The Labute approximate surface area is 531 Å². The van der Waals surface area contributed by atoms with Crippen molar-refractivity contribution in [3.8, 4) is 33.4 Å². The van der Waals surface area contributed by atoms with Crippen LogP contribution in [0.15, 0.2) is 291 Å². The van der Waals surface area contributed by atoms with Crippen LogP contribution in [0.2, 0.25) is 0 Å². The van der Waals surface area contributed by atoms with Crippen LogP contribution in [0.25, 0.3) is 33.4 Å². The summed E-state index contributed by atoms with van der Waals surface area (Å²) in [6, 6.07) is 109. The Hall–Kier alpha value is -10.2. The van der Waals surface area contributed by atoms with E-state index >= 15 is 0 Å². The summed E-state index contributed by atoms with van der Waals surface area (Å²) < 4.78 is 0. The molecule has 0 unspecified atom stereocenters. The van der Waals surface area contributed by atoms with Crippen molar-refractivity contribution in [2.45, 2.75) is 88.9 Å². The normalized spacial score (nSPS) is 14.7. The molecule has 90 heavy (non-hydrogen) atoms. The molecule has 2 spiro atoms. The SMILES string of the molecule is Cc1cccc(N(c2ccccc2)c2ccc(N(c3ccc(-c4ccc(N(c5ccc(N(c6ccccc6)c6cccc(C)c6)cc5)c5ccc6c(c5)C5(CCCCC5)c5ccccc5-6)cc4)cc3)c3ccc4c(c3)C3(CCCCC3)c3ccccc3-4)cc2)c1. The third-order valence-corrected chi connectivity index (χ3v) is 20.3. The lowest BCUT2D eigenvalue weighted by atomic mass is 9.68. The van der Waals surface area contributed by atoms with Crippen LogP contribution in [-0.2, 0) is 10.8 Å². The van der Waals surface area contributed by atoms with Crippen molar-refractivity contribution < 1.29 is 0 Å². The lowest BCUT2D eigenvalue weighted by molar-refractivity contribution is 0.353. The Morgan fingerprint density at radius 2 is 0.478 bits per heavy atom. The number of anilines is 12. The van der Waals surface area contributed by atoms with Gasteiger partial charge in [0.15, 0.2) is 0 Å². The molecule has 4 nitrogen and oxygen atoms in total. The third kappa shape index (κ3) is 9.69. The van der Waals surface area contributed by atoms with Crippen LogP contribution in [-0.4, -0.2) is 0 Å². The van der Waals surface area contributed by atoms with Crippen molar-refractivity contribution in [2.75, 3.05) is 19.6 Å². The Morgan fingerprint density at radius 3 is 0.822 bits per heavy atom. The van der Waals surface area contributed by atoms with Crippen molar-refractivity contribution >= 4 is 68.2 Å². The molecule has 2 saturated carbocycles. The van der Waals surface area contributed by atoms with Crippen LogP contribution in [0.5, 0.6) is 0 Å². The Morgan fingerprint density at radius 1 is 0.211 bits per heavy atom. The molecular weight excluding hydrogens is 1090 g/mol. The molecule has 0 heterocycles. The van der Waals surface area contributed by atoms with E-state index in [0.717, 1.165) is 56.9 Å². The van der Waals surface area contributed by atoms with Crippen LogP contribution in [0, 0.1) is 13.8 Å². The number of fused-ring (bicyclic) bond motifs is 10. The van der Waals surface area contributed by atoms with Crippen molar-refractivity contribution in [1.82, 2.24) is 0 Å². The molecule has 12 aromatic rings. The first-order chi connectivity index (χ1) is 44.4. The van der Waals surface area contributed by atoms with E-state index in [1.165, 1.54) is 142 Å². The molecule has 0 aliphatic heterocycles. The third-order valence-electron chi connectivity index (χ3n) is 20.3. The van der Waals surface area contributed by atoms with Gasteiger partial charge in [0.1, 0.15) is 0 Å². The fraction of sp³-hybridized carbons (Fsp3) is 0.163. The van der Waals surface area contributed by atoms with Gasteiger partial charge in [-0.25, -0.2) is 0 Å². The van der Waals surface area contributed by atoms with Gasteiger partial charge in [0.2, 0.25) is 0 Å². The van der Waals surface area contributed by atoms with Crippen molar-refractivity contribution in [1.29, 1.82) is 0 Å². The maximum Gasteiger partial charge on any atom is 0.0465 e. The van der Waals surface area contributed by atoms with Crippen molar-refractivity contribution in [3.05, 3.63) is 325 Å². The second kappa shape index (κ2) is 23.1. The van der Waals surface area contributed by atoms with E-state index in [1.54, 1.807) is 0 Å². The molecular formula is C86H74N4. The summed E-state index contributed by atoms with van der Waals surface area (Å²) >= 11 is 0. The number of hydrogen-bond donors (Lipinski definition) is 0. The molecule has 4 aliphatic carbocycles. The van der Waals surface area contributed by atoms with Gasteiger partial charge in [0.25, 0.3) is 0 Å². The summed E-state index contributed by atoms with van der Waals surface area (Å²) in [5.41, 5.74) is 30.0. The van der Waals surface area contributed by atoms with E-state index in [9.17, 15) is 0 Å². The molecule has 4 heteroatoms. The first-order valence-corrected chi connectivity index (χ1v) is 32.7. The van der Waals surface area contributed by atoms with Crippen LogP contribution in [0.3, 0.4) is 0 Å². The van der Waals surface area contributed by atoms with Crippen LogP contribution in [0.1, 0.15) is 97.6 Å². The van der Waals surface area contributed by atoms with Gasteiger partial charge in [-0.3, -0.25) is 0 Å². The Bertz CT molecular complexity index is 4260. The summed E-state index contributed by atoms with van der Waals surface area (Å²) in [5.74, 6) is 0. The van der Waals surface area contributed by atoms with Gasteiger partial charge in [-0.1, -0.05) is 184 Å².